The predicted octanol–water partition coefficient (Wildman–Crippen LogP) is 4.65. The number of imidazole rings is 1. The quantitative estimate of drug-likeness (QED) is 0.755. The van der Waals surface area contributed by atoms with Gasteiger partial charge in [0.15, 0.2) is 0 Å². The zero-order valence-corrected chi connectivity index (χ0v) is 13.5. The Morgan fingerprint density at radius 2 is 2.15 bits per heavy atom. The van der Waals surface area contributed by atoms with E-state index in [0.717, 1.165) is 18.0 Å². The fourth-order valence-corrected chi connectivity index (χ4v) is 3.21. The molecule has 0 spiro atoms. The molecule has 0 aromatic carbocycles. The van der Waals surface area contributed by atoms with Gasteiger partial charge in [0.25, 0.3) is 0 Å². The van der Waals surface area contributed by atoms with E-state index in [1.165, 1.54) is 43.2 Å². The minimum Gasteiger partial charge on any atom is -0.307 e. The molecule has 0 bridgehead atoms. The Morgan fingerprint density at radius 3 is 2.95 bits per heavy atom. The van der Waals surface area contributed by atoms with Crippen LogP contribution < -0.4 is 0 Å². The molecule has 1 radical (unpaired) electrons. The van der Waals surface area contributed by atoms with Crippen LogP contribution in [0.2, 0.25) is 0 Å². The van der Waals surface area contributed by atoms with E-state index in [-0.39, 0.29) is 20.0 Å². The molecule has 0 saturated heterocycles. The van der Waals surface area contributed by atoms with Gasteiger partial charge < -0.3 is 4.40 Å². The van der Waals surface area contributed by atoms with Gasteiger partial charge in [-0.25, -0.2) is 4.98 Å². The summed E-state index contributed by atoms with van der Waals surface area (Å²) < 4.78 is 2.10. The van der Waals surface area contributed by atoms with Crippen molar-refractivity contribution < 1.29 is 20.0 Å². The number of pyridine rings is 1. The first-order chi connectivity index (χ1) is 9.33. The maximum atomic E-state index is 4.45. The minimum absolute atomic E-state index is 0. The van der Waals surface area contributed by atoms with Gasteiger partial charge in [-0.2, -0.15) is 0 Å². The first-order valence-corrected chi connectivity index (χ1v) is 7.41. The Labute approximate surface area is 134 Å². The third-order valence-corrected chi connectivity index (χ3v) is 4.14. The Balaban J connectivity index is 0.00000110. The summed E-state index contributed by atoms with van der Waals surface area (Å²) in [5, 5.41) is 0. The van der Waals surface area contributed by atoms with Crippen molar-refractivity contribution in [3.63, 3.8) is 0 Å². The van der Waals surface area contributed by atoms with Gasteiger partial charge >= 0.3 is 0 Å². The summed E-state index contributed by atoms with van der Waals surface area (Å²) in [5.74, 6) is 0.813. The Morgan fingerprint density at radius 1 is 1.35 bits per heavy atom. The maximum absolute atomic E-state index is 4.45. The van der Waals surface area contributed by atoms with E-state index in [1.807, 2.05) is 12.4 Å². The molecule has 0 aliphatic heterocycles. The average Bonchev–Trinajstić information content (AvgIpc) is 2.89. The number of hydrogen-bond donors (Lipinski definition) is 0. The van der Waals surface area contributed by atoms with Gasteiger partial charge in [-0.3, -0.25) is 0 Å². The molecule has 1 fully saturated rings. The molecular formula is C17H24N2V. The van der Waals surface area contributed by atoms with Crippen LogP contribution in [0.1, 0.15) is 46.0 Å². The second-order valence-corrected chi connectivity index (χ2v) is 5.78. The minimum atomic E-state index is 0. The molecule has 2 aromatic heterocycles. The van der Waals surface area contributed by atoms with E-state index in [2.05, 4.69) is 40.7 Å². The van der Waals surface area contributed by atoms with Gasteiger partial charge in [0.1, 0.15) is 5.65 Å². The van der Waals surface area contributed by atoms with E-state index in [1.54, 1.807) is 0 Å². The Bertz CT molecular complexity index is 585. The molecule has 0 unspecified atom stereocenters. The van der Waals surface area contributed by atoms with Crippen LogP contribution in [-0.2, 0) is 25.0 Å². The van der Waals surface area contributed by atoms with Crippen LogP contribution in [-0.4, -0.2) is 9.38 Å². The van der Waals surface area contributed by atoms with Gasteiger partial charge in [0.2, 0.25) is 0 Å². The van der Waals surface area contributed by atoms with Crippen LogP contribution in [0.15, 0.2) is 42.4 Å². The summed E-state index contributed by atoms with van der Waals surface area (Å²) in [7, 11) is 0. The number of hydrogen-bond acceptors (Lipinski definition) is 1. The molecule has 2 aromatic rings. The first kappa shape index (κ1) is 15.4. The third-order valence-electron chi connectivity index (χ3n) is 4.14. The number of aromatic nitrogens is 2. The number of nitrogens with zero attached hydrogens (tertiary/aromatic N) is 2. The van der Waals surface area contributed by atoms with Crippen LogP contribution >= 0.6 is 0 Å². The molecule has 1 aliphatic carbocycles. The summed E-state index contributed by atoms with van der Waals surface area (Å²) in [5.41, 5.74) is 3.92. The zero-order valence-electron chi connectivity index (χ0n) is 12.1. The largest absolute Gasteiger partial charge is 0.307 e. The van der Waals surface area contributed by atoms with Crippen LogP contribution in [0.5, 0.6) is 0 Å². The molecule has 2 heterocycles. The van der Waals surface area contributed by atoms with Crippen molar-refractivity contribution in [3.05, 3.63) is 47.9 Å². The fraction of sp³-hybridized carbons (Fsp3) is 0.471. The SMILES string of the molecule is C/C(=C\C1CCCCC1)Cc1cccn2ccnc12.[HH].[V]. The molecule has 20 heavy (non-hydrogen) atoms. The number of allylic oxidation sites excluding steroid dienone is 2. The van der Waals surface area contributed by atoms with Crippen molar-refractivity contribution in [2.45, 2.75) is 45.4 Å². The van der Waals surface area contributed by atoms with Crippen molar-refractivity contribution in [3.8, 4) is 0 Å². The van der Waals surface area contributed by atoms with E-state index < -0.39 is 0 Å². The van der Waals surface area contributed by atoms with Gasteiger partial charge in [-0.15, -0.1) is 0 Å². The topological polar surface area (TPSA) is 17.3 Å². The van der Waals surface area contributed by atoms with E-state index in [0.29, 0.717) is 0 Å². The van der Waals surface area contributed by atoms with Crippen LogP contribution in [0.25, 0.3) is 5.65 Å². The fourth-order valence-electron chi connectivity index (χ4n) is 3.21. The second kappa shape index (κ2) is 7.15. The van der Waals surface area contributed by atoms with Crippen molar-refractivity contribution in [2.24, 2.45) is 5.92 Å². The monoisotopic (exact) mass is 307 g/mol. The molecule has 3 heteroatoms. The third kappa shape index (κ3) is 3.56. The van der Waals surface area contributed by atoms with Crippen molar-refractivity contribution in [1.29, 1.82) is 0 Å². The Hall–Kier alpha value is -0.986. The number of fused-ring (bicyclic) bond motifs is 1. The second-order valence-electron chi connectivity index (χ2n) is 5.78. The molecule has 107 valence electrons. The molecule has 0 atom stereocenters. The molecular weight excluding hydrogens is 283 g/mol. The van der Waals surface area contributed by atoms with Crippen LogP contribution in [0.3, 0.4) is 0 Å². The van der Waals surface area contributed by atoms with Gasteiger partial charge in [-0.05, 0) is 43.7 Å². The summed E-state index contributed by atoms with van der Waals surface area (Å²) in [6, 6.07) is 4.30. The van der Waals surface area contributed by atoms with E-state index >= 15 is 0 Å². The first-order valence-electron chi connectivity index (χ1n) is 7.41. The number of rotatable bonds is 3. The predicted molar refractivity (Wildman–Crippen MR) is 81.3 cm³/mol. The zero-order chi connectivity index (χ0) is 13.1. The van der Waals surface area contributed by atoms with Gasteiger partial charge in [0, 0.05) is 38.6 Å². The van der Waals surface area contributed by atoms with Crippen LogP contribution in [0.4, 0.5) is 0 Å². The van der Waals surface area contributed by atoms with Crippen molar-refractivity contribution >= 4 is 5.65 Å². The van der Waals surface area contributed by atoms with Crippen molar-refractivity contribution in [1.82, 2.24) is 9.38 Å². The van der Waals surface area contributed by atoms with Crippen molar-refractivity contribution in [2.75, 3.05) is 0 Å². The van der Waals surface area contributed by atoms with Crippen LogP contribution in [0, 0.1) is 5.92 Å². The summed E-state index contributed by atoms with van der Waals surface area (Å²) in [6.45, 7) is 2.26. The maximum Gasteiger partial charge on any atom is 0.140 e. The van der Waals surface area contributed by atoms with Gasteiger partial charge in [0.05, 0.1) is 0 Å². The van der Waals surface area contributed by atoms with Gasteiger partial charge in [-0.1, -0.05) is 37.0 Å². The molecule has 1 saturated carbocycles. The average molecular weight is 307 g/mol. The van der Waals surface area contributed by atoms with E-state index in [4.69, 9.17) is 0 Å². The molecule has 1 aliphatic rings. The molecule has 0 amide bonds. The normalized spacial score (nSPS) is 17.1. The molecule has 2 nitrogen and oxygen atoms in total. The standard InChI is InChI=1S/C17H22N2.V.H2/c1-14(12-15-6-3-2-4-7-15)13-16-8-5-10-19-11-9-18-17(16)19;;/h5,8-12,15H,2-4,6-7,13H2,1H3;;1H/b14-12+;;. The van der Waals surface area contributed by atoms with E-state index in [9.17, 15) is 0 Å². The Kier molecular flexibility index (Phi) is 5.50. The summed E-state index contributed by atoms with van der Waals surface area (Å²) >= 11 is 0. The molecule has 3 rings (SSSR count). The summed E-state index contributed by atoms with van der Waals surface area (Å²) in [4.78, 5) is 4.45. The molecule has 0 N–H and O–H groups in total. The smallest absolute Gasteiger partial charge is 0.140 e. The summed E-state index contributed by atoms with van der Waals surface area (Å²) in [6.07, 6.45) is 16.5.